The molecule has 0 radical (unpaired) electrons. The van der Waals surface area contributed by atoms with Crippen LogP contribution >= 0.6 is 0 Å². The van der Waals surface area contributed by atoms with Crippen LogP contribution in [0.25, 0.3) is 10.9 Å². The van der Waals surface area contributed by atoms with Crippen molar-refractivity contribution in [3.63, 3.8) is 0 Å². The molecular weight excluding hydrogens is 292 g/mol. The van der Waals surface area contributed by atoms with Crippen molar-refractivity contribution in [3.05, 3.63) is 40.4 Å². The Labute approximate surface area is 134 Å². The predicted octanol–water partition coefficient (Wildman–Crippen LogP) is 1.76. The number of para-hydroxylation sites is 1. The van der Waals surface area contributed by atoms with E-state index in [-0.39, 0.29) is 23.9 Å². The molecule has 120 valence electrons. The van der Waals surface area contributed by atoms with Crippen LogP contribution in [0.3, 0.4) is 0 Å². The minimum atomic E-state index is -0.973. The van der Waals surface area contributed by atoms with Crippen LogP contribution in [0.4, 0.5) is 0 Å². The number of carbonyl (C=O) groups is 1. The summed E-state index contributed by atoms with van der Waals surface area (Å²) >= 11 is 0. The summed E-state index contributed by atoms with van der Waals surface area (Å²) in [5.41, 5.74) is -0.624. The maximum atomic E-state index is 12.5. The van der Waals surface area contributed by atoms with E-state index in [9.17, 15) is 14.9 Å². The topological polar surface area (TPSA) is 87.8 Å². The van der Waals surface area contributed by atoms with Gasteiger partial charge in [0.2, 0.25) is 5.91 Å². The number of nitrogens with zero attached hydrogens (tertiary/aromatic N) is 3. The Balaban J connectivity index is 2.34. The first-order chi connectivity index (χ1) is 10.8. The number of rotatable bonds is 4. The van der Waals surface area contributed by atoms with Crippen molar-refractivity contribution >= 4 is 16.8 Å². The van der Waals surface area contributed by atoms with Gasteiger partial charge in [0.25, 0.3) is 5.56 Å². The number of hydrogen-bond acceptors (Lipinski definition) is 4. The van der Waals surface area contributed by atoms with E-state index in [4.69, 9.17) is 0 Å². The minimum absolute atomic E-state index is 0.0519. The smallest absolute Gasteiger partial charge is 0.261 e. The van der Waals surface area contributed by atoms with Crippen LogP contribution in [0.15, 0.2) is 29.1 Å². The summed E-state index contributed by atoms with van der Waals surface area (Å²) in [4.78, 5) is 29.2. The second kappa shape index (κ2) is 6.21. The van der Waals surface area contributed by atoms with Crippen molar-refractivity contribution in [1.82, 2.24) is 14.9 Å². The average Bonchev–Trinajstić information content (AvgIpc) is 2.51. The van der Waals surface area contributed by atoms with Gasteiger partial charge in [0, 0.05) is 0 Å². The zero-order chi connectivity index (χ0) is 17.2. The largest absolute Gasteiger partial charge is 0.336 e. The van der Waals surface area contributed by atoms with Gasteiger partial charge in [-0.25, -0.2) is 4.98 Å². The monoisotopic (exact) mass is 312 g/mol. The number of amides is 1. The number of hydrogen-bond donors (Lipinski definition) is 1. The Hall–Kier alpha value is -2.68. The third-order valence-corrected chi connectivity index (χ3v) is 4.14. The average molecular weight is 312 g/mol. The lowest BCUT2D eigenvalue weighted by atomic mass is 9.90. The minimum Gasteiger partial charge on any atom is -0.336 e. The van der Waals surface area contributed by atoms with Crippen molar-refractivity contribution < 1.29 is 4.79 Å². The molecule has 0 saturated heterocycles. The molecule has 1 N–H and O–H groups in total. The summed E-state index contributed by atoms with van der Waals surface area (Å²) in [5, 5.41) is 12.5. The van der Waals surface area contributed by atoms with Gasteiger partial charge in [0.1, 0.15) is 17.9 Å². The Morgan fingerprint density at radius 3 is 2.70 bits per heavy atom. The molecule has 6 nitrogen and oxygen atoms in total. The van der Waals surface area contributed by atoms with Gasteiger partial charge >= 0.3 is 0 Å². The maximum absolute atomic E-state index is 12.5. The Kier molecular flexibility index (Phi) is 4.50. The first-order valence-corrected chi connectivity index (χ1v) is 7.47. The van der Waals surface area contributed by atoms with E-state index in [1.807, 2.05) is 19.9 Å². The molecule has 1 aromatic heterocycles. The van der Waals surface area contributed by atoms with Crippen molar-refractivity contribution in [2.75, 3.05) is 0 Å². The van der Waals surface area contributed by atoms with E-state index >= 15 is 0 Å². The molecule has 0 aliphatic heterocycles. The van der Waals surface area contributed by atoms with E-state index in [0.717, 1.165) is 0 Å². The van der Waals surface area contributed by atoms with Crippen LogP contribution in [0, 0.1) is 24.2 Å². The van der Waals surface area contributed by atoms with Crippen molar-refractivity contribution in [2.45, 2.75) is 39.8 Å². The normalized spacial score (nSPS) is 13.6. The van der Waals surface area contributed by atoms with Crippen LogP contribution in [-0.4, -0.2) is 21.0 Å². The van der Waals surface area contributed by atoms with E-state index in [0.29, 0.717) is 16.7 Å². The lowest BCUT2D eigenvalue weighted by Crippen LogP contribution is -2.50. The summed E-state index contributed by atoms with van der Waals surface area (Å²) in [6, 6.07) is 9.14. The highest BCUT2D eigenvalue weighted by Gasteiger charge is 2.30. The zero-order valence-corrected chi connectivity index (χ0v) is 13.8. The molecule has 0 aliphatic rings. The highest BCUT2D eigenvalue weighted by Crippen LogP contribution is 2.15. The van der Waals surface area contributed by atoms with Gasteiger partial charge in [-0.05, 0) is 31.9 Å². The molecule has 1 amide bonds. The van der Waals surface area contributed by atoms with Gasteiger partial charge < -0.3 is 5.32 Å². The Bertz CT molecular complexity index is 848. The molecule has 2 aromatic rings. The van der Waals surface area contributed by atoms with E-state index in [2.05, 4.69) is 16.4 Å². The zero-order valence-electron chi connectivity index (χ0n) is 13.8. The lowest BCUT2D eigenvalue weighted by molar-refractivity contribution is -0.123. The molecule has 6 heteroatoms. The fourth-order valence-electron chi connectivity index (χ4n) is 2.24. The second-order valence-electron chi connectivity index (χ2n) is 6.08. The fraction of sp³-hybridized carbons (Fsp3) is 0.412. The fourth-order valence-corrected chi connectivity index (χ4v) is 2.24. The number of carbonyl (C=O) groups excluding carboxylic acids is 1. The SMILES string of the molecule is Cc1nc2ccccc2c(=O)n1CC(=O)N[C@@](C)(C#N)C(C)C. The van der Waals surface area contributed by atoms with Gasteiger partial charge in [-0.3, -0.25) is 14.2 Å². The maximum Gasteiger partial charge on any atom is 0.261 e. The molecule has 0 aliphatic carbocycles. The molecule has 1 aromatic carbocycles. The van der Waals surface area contributed by atoms with E-state index in [1.165, 1.54) is 4.57 Å². The first kappa shape index (κ1) is 16.7. The highest BCUT2D eigenvalue weighted by atomic mass is 16.2. The van der Waals surface area contributed by atoms with Crippen LogP contribution in [-0.2, 0) is 11.3 Å². The molecule has 0 bridgehead atoms. The molecule has 0 spiro atoms. The molecule has 0 unspecified atom stereocenters. The Morgan fingerprint density at radius 2 is 2.09 bits per heavy atom. The van der Waals surface area contributed by atoms with Gasteiger partial charge in [0.05, 0.1) is 17.0 Å². The summed E-state index contributed by atoms with van der Waals surface area (Å²) in [6.07, 6.45) is 0. The van der Waals surface area contributed by atoms with Gasteiger partial charge in [-0.2, -0.15) is 5.26 Å². The number of aryl methyl sites for hydroxylation is 1. The molecule has 2 rings (SSSR count). The molecule has 0 saturated carbocycles. The van der Waals surface area contributed by atoms with Gasteiger partial charge in [-0.15, -0.1) is 0 Å². The van der Waals surface area contributed by atoms with E-state index < -0.39 is 5.54 Å². The van der Waals surface area contributed by atoms with Crippen LogP contribution < -0.4 is 10.9 Å². The molecule has 23 heavy (non-hydrogen) atoms. The Morgan fingerprint density at radius 1 is 1.43 bits per heavy atom. The third-order valence-electron chi connectivity index (χ3n) is 4.14. The van der Waals surface area contributed by atoms with E-state index in [1.54, 1.807) is 32.0 Å². The van der Waals surface area contributed by atoms with Crippen LogP contribution in [0.2, 0.25) is 0 Å². The van der Waals surface area contributed by atoms with Gasteiger partial charge in [0.15, 0.2) is 0 Å². The number of fused-ring (bicyclic) bond motifs is 1. The van der Waals surface area contributed by atoms with Crippen LogP contribution in [0.1, 0.15) is 26.6 Å². The van der Waals surface area contributed by atoms with Crippen molar-refractivity contribution in [2.24, 2.45) is 5.92 Å². The second-order valence-corrected chi connectivity index (χ2v) is 6.08. The summed E-state index contributed by atoms with van der Waals surface area (Å²) < 4.78 is 1.33. The standard InChI is InChI=1S/C17H20N4O2/c1-11(2)17(4,10-18)20-15(22)9-21-12(3)19-14-8-6-5-7-13(14)16(21)23/h5-8,11H,9H2,1-4H3,(H,20,22)/t17-/m0/s1. The summed E-state index contributed by atoms with van der Waals surface area (Å²) in [5.74, 6) is 0.0288. The van der Waals surface area contributed by atoms with Crippen molar-refractivity contribution in [3.8, 4) is 6.07 Å². The predicted molar refractivity (Wildman–Crippen MR) is 87.7 cm³/mol. The highest BCUT2D eigenvalue weighted by molar-refractivity contribution is 5.79. The number of benzene rings is 1. The molecular formula is C17H20N4O2. The quantitative estimate of drug-likeness (QED) is 0.931. The summed E-state index contributed by atoms with van der Waals surface area (Å²) in [7, 11) is 0. The molecule has 1 heterocycles. The lowest BCUT2D eigenvalue weighted by Gasteiger charge is -2.27. The third kappa shape index (κ3) is 3.24. The molecule has 1 atom stereocenters. The number of nitriles is 1. The van der Waals surface area contributed by atoms with Crippen LogP contribution in [0.5, 0.6) is 0 Å². The summed E-state index contributed by atoms with van der Waals surface area (Å²) in [6.45, 7) is 6.92. The number of aromatic nitrogens is 2. The number of nitrogens with one attached hydrogen (secondary N) is 1. The van der Waals surface area contributed by atoms with Gasteiger partial charge in [-0.1, -0.05) is 26.0 Å². The molecule has 0 fully saturated rings. The van der Waals surface area contributed by atoms with Crippen molar-refractivity contribution in [1.29, 1.82) is 5.26 Å². The first-order valence-electron chi connectivity index (χ1n) is 7.47.